The highest BCUT2D eigenvalue weighted by atomic mass is 16.5. The van der Waals surface area contributed by atoms with Crippen LogP contribution in [0.15, 0.2) is 6.07 Å². The van der Waals surface area contributed by atoms with Gasteiger partial charge in [-0.2, -0.15) is 0 Å². The Balaban J connectivity index is 3.29. The van der Waals surface area contributed by atoms with Gasteiger partial charge in [0.1, 0.15) is 11.5 Å². The molecule has 0 spiro atoms. The Morgan fingerprint density at radius 2 is 1.78 bits per heavy atom. The van der Waals surface area contributed by atoms with E-state index in [-0.39, 0.29) is 0 Å². The largest absolute Gasteiger partial charge is 0.496 e. The van der Waals surface area contributed by atoms with Crippen LogP contribution in [0, 0.1) is 13.8 Å². The number of rotatable bonds is 3. The normalized spacial score (nSPS) is 9.78. The predicted molar refractivity (Wildman–Crippen MR) is 66.8 cm³/mol. The van der Waals surface area contributed by atoms with Crippen LogP contribution in [0.5, 0.6) is 11.5 Å². The monoisotopic (exact) mass is 252 g/mol. The Morgan fingerprint density at radius 3 is 2.22 bits per heavy atom. The summed E-state index contributed by atoms with van der Waals surface area (Å²) >= 11 is 0. The first-order chi connectivity index (χ1) is 8.42. The molecule has 6 nitrogen and oxygen atoms in total. The molecule has 98 valence electrons. The zero-order valence-electron chi connectivity index (χ0n) is 10.8. The van der Waals surface area contributed by atoms with Crippen LogP contribution in [0.2, 0.25) is 0 Å². The van der Waals surface area contributed by atoms with Crippen molar-refractivity contribution in [3.05, 3.63) is 17.2 Å². The second kappa shape index (κ2) is 5.39. The minimum Gasteiger partial charge on any atom is -0.496 e. The van der Waals surface area contributed by atoms with Crippen LogP contribution >= 0.6 is 0 Å². The Hall–Kier alpha value is -2.24. The van der Waals surface area contributed by atoms with Crippen molar-refractivity contribution >= 4 is 17.5 Å². The van der Waals surface area contributed by atoms with Crippen molar-refractivity contribution in [3.63, 3.8) is 0 Å². The van der Waals surface area contributed by atoms with Crippen LogP contribution in [-0.4, -0.2) is 26.0 Å². The van der Waals surface area contributed by atoms with E-state index in [1.54, 1.807) is 6.07 Å². The third kappa shape index (κ3) is 2.53. The summed E-state index contributed by atoms with van der Waals surface area (Å²) in [5.41, 5.74) is 6.95. The molecular formula is C12H16N2O4. The molecule has 0 atom stereocenters. The van der Waals surface area contributed by atoms with E-state index in [2.05, 4.69) is 5.32 Å². The number of amides is 2. The van der Waals surface area contributed by atoms with Crippen molar-refractivity contribution in [3.8, 4) is 11.5 Å². The molecule has 3 N–H and O–H groups in total. The number of nitrogens with one attached hydrogen (secondary N) is 1. The first-order valence-corrected chi connectivity index (χ1v) is 5.25. The summed E-state index contributed by atoms with van der Waals surface area (Å²) in [6.45, 7) is 3.70. The maximum atomic E-state index is 11.3. The summed E-state index contributed by atoms with van der Waals surface area (Å²) in [4.78, 5) is 22.0. The molecule has 1 aromatic rings. The average molecular weight is 252 g/mol. The third-order valence-corrected chi connectivity index (χ3v) is 2.69. The number of carbonyl (C=O) groups excluding carboxylic acids is 2. The number of hydrogen-bond acceptors (Lipinski definition) is 4. The van der Waals surface area contributed by atoms with Crippen molar-refractivity contribution in [2.45, 2.75) is 13.8 Å². The zero-order valence-corrected chi connectivity index (χ0v) is 10.8. The molecule has 0 radical (unpaired) electrons. The molecule has 2 amide bonds. The van der Waals surface area contributed by atoms with Crippen LogP contribution < -0.4 is 20.5 Å². The van der Waals surface area contributed by atoms with Gasteiger partial charge < -0.3 is 20.5 Å². The minimum atomic E-state index is -1.06. The second-order valence-electron chi connectivity index (χ2n) is 3.73. The van der Waals surface area contributed by atoms with Crippen LogP contribution in [0.3, 0.4) is 0 Å². The number of methoxy groups -OCH3 is 2. The summed E-state index contributed by atoms with van der Waals surface area (Å²) in [6.07, 6.45) is 0. The Labute approximate surface area is 105 Å². The van der Waals surface area contributed by atoms with Gasteiger partial charge in [-0.3, -0.25) is 9.59 Å². The smallest absolute Gasteiger partial charge is 0.313 e. The van der Waals surface area contributed by atoms with E-state index < -0.39 is 11.8 Å². The molecule has 1 rings (SSSR count). The van der Waals surface area contributed by atoms with Gasteiger partial charge in [0.25, 0.3) is 0 Å². The summed E-state index contributed by atoms with van der Waals surface area (Å²) in [7, 11) is 3.00. The molecule has 0 aliphatic rings. The summed E-state index contributed by atoms with van der Waals surface area (Å²) in [5.74, 6) is -0.899. The van der Waals surface area contributed by atoms with Crippen molar-refractivity contribution in [2.24, 2.45) is 5.73 Å². The lowest BCUT2D eigenvalue weighted by Crippen LogP contribution is -2.29. The molecule has 0 aliphatic heterocycles. The highest BCUT2D eigenvalue weighted by Crippen LogP contribution is 2.36. The number of carbonyl (C=O) groups is 2. The van der Waals surface area contributed by atoms with Gasteiger partial charge >= 0.3 is 11.8 Å². The lowest BCUT2D eigenvalue weighted by Gasteiger charge is -2.16. The topological polar surface area (TPSA) is 90.6 Å². The first kappa shape index (κ1) is 13.8. The number of anilines is 1. The summed E-state index contributed by atoms with van der Waals surface area (Å²) in [5, 5.41) is 2.39. The fourth-order valence-electron chi connectivity index (χ4n) is 1.61. The van der Waals surface area contributed by atoms with Gasteiger partial charge in [-0.1, -0.05) is 0 Å². The molecular weight excluding hydrogens is 236 g/mol. The Kier molecular flexibility index (Phi) is 4.14. The van der Waals surface area contributed by atoms with Gasteiger partial charge in [-0.05, 0) is 25.0 Å². The number of benzene rings is 1. The molecule has 18 heavy (non-hydrogen) atoms. The van der Waals surface area contributed by atoms with E-state index in [0.29, 0.717) is 17.2 Å². The number of nitrogens with two attached hydrogens (primary N) is 1. The van der Waals surface area contributed by atoms with Gasteiger partial charge in [-0.15, -0.1) is 0 Å². The van der Waals surface area contributed by atoms with E-state index in [1.807, 2.05) is 13.8 Å². The molecule has 0 fully saturated rings. The molecule has 0 saturated heterocycles. The number of primary amides is 1. The van der Waals surface area contributed by atoms with Gasteiger partial charge in [-0.25, -0.2) is 0 Å². The van der Waals surface area contributed by atoms with Gasteiger partial charge in [0.15, 0.2) is 0 Å². The SMILES string of the molecule is COc1cc(NC(=O)C(N)=O)c(OC)c(C)c1C. The van der Waals surface area contributed by atoms with Crippen LogP contribution in [-0.2, 0) is 9.59 Å². The van der Waals surface area contributed by atoms with Gasteiger partial charge in [0.05, 0.1) is 19.9 Å². The van der Waals surface area contributed by atoms with Gasteiger partial charge in [0.2, 0.25) is 0 Å². The number of ether oxygens (including phenoxy) is 2. The van der Waals surface area contributed by atoms with Crippen molar-refractivity contribution < 1.29 is 19.1 Å². The standard InChI is InChI=1S/C12H16N2O4/c1-6-7(2)10(18-4)8(5-9(6)17-3)14-12(16)11(13)15/h5H,1-4H3,(H2,13,15)(H,14,16). The molecule has 0 saturated carbocycles. The van der Waals surface area contributed by atoms with E-state index in [0.717, 1.165) is 11.1 Å². The van der Waals surface area contributed by atoms with Crippen molar-refractivity contribution in [2.75, 3.05) is 19.5 Å². The zero-order chi connectivity index (χ0) is 13.9. The van der Waals surface area contributed by atoms with Crippen molar-refractivity contribution in [1.29, 1.82) is 0 Å². The Bertz CT molecular complexity index is 497. The number of hydrogen-bond donors (Lipinski definition) is 2. The molecule has 0 unspecified atom stereocenters. The van der Waals surface area contributed by atoms with Crippen LogP contribution in [0.4, 0.5) is 5.69 Å². The quantitative estimate of drug-likeness (QED) is 0.776. The molecule has 0 heterocycles. The van der Waals surface area contributed by atoms with E-state index in [4.69, 9.17) is 15.2 Å². The molecule has 0 aromatic heterocycles. The van der Waals surface area contributed by atoms with Crippen LogP contribution in [0.1, 0.15) is 11.1 Å². The molecule has 6 heteroatoms. The second-order valence-corrected chi connectivity index (χ2v) is 3.73. The highest BCUT2D eigenvalue weighted by Gasteiger charge is 2.17. The maximum Gasteiger partial charge on any atom is 0.313 e. The lowest BCUT2D eigenvalue weighted by atomic mass is 10.1. The van der Waals surface area contributed by atoms with E-state index >= 15 is 0 Å². The fraction of sp³-hybridized carbons (Fsp3) is 0.333. The van der Waals surface area contributed by atoms with E-state index in [1.165, 1.54) is 14.2 Å². The maximum absolute atomic E-state index is 11.3. The van der Waals surface area contributed by atoms with Crippen LogP contribution in [0.25, 0.3) is 0 Å². The first-order valence-electron chi connectivity index (χ1n) is 5.25. The fourth-order valence-corrected chi connectivity index (χ4v) is 1.61. The van der Waals surface area contributed by atoms with Crippen molar-refractivity contribution in [1.82, 2.24) is 0 Å². The lowest BCUT2D eigenvalue weighted by molar-refractivity contribution is -0.134. The van der Waals surface area contributed by atoms with Gasteiger partial charge in [0, 0.05) is 6.07 Å². The molecule has 0 aliphatic carbocycles. The summed E-state index contributed by atoms with van der Waals surface area (Å²) in [6, 6.07) is 1.59. The molecule has 0 bridgehead atoms. The third-order valence-electron chi connectivity index (χ3n) is 2.69. The highest BCUT2D eigenvalue weighted by molar-refractivity contribution is 6.39. The summed E-state index contributed by atoms with van der Waals surface area (Å²) < 4.78 is 10.4. The molecule has 1 aromatic carbocycles. The van der Waals surface area contributed by atoms with E-state index in [9.17, 15) is 9.59 Å². The predicted octanol–water partition coefficient (Wildman–Crippen LogP) is 0.744. The Morgan fingerprint density at radius 1 is 1.17 bits per heavy atom. The average Bonchev–Trinajstić information content (AvgIpc) is 2.33. The minimum absolute atomic E-state index is 0.348.